The molecule has 0 aliphatic heterocycles. The smallest absolute Gasteiger partial charge is 0.157 e. The van der Waals surface area contributed by atoms with Gasteiger partial charge in [-0.15, -0.1) is 0 Å². The maximum atomic E-state index is 14.3. The van der Waals surface area contributed by atoms with E-state index in [1.807, 2.05) is 0 Å². The maximum absolute atomic E-state index is 14.3. The van der Waals surface area contributed by atoms with Crippen LogP contribution >= 0.6 is 0 Å². The minimum atomic E-state index is -1.69. The summed E-state index contributed by atoms with van der Waals surface area (Å²) < 4.78 is 28.1. The van der Waals surface area contributed by atoms with Crippen LogP contribution in [0.5, 0.6) is 0 Å². The molecule has 3 heteroatoms. The number of alkyl halides is 2. The maximum Gasteiger partial charge on any atom is 0.157 e. The Morgan fingerprint density at radius 2 is 1.29 bits per heavy atom. The van der Waals surface area contributed by atoms with E-state index in [2.05, 4.69) is 6.08 Å². The molecule has 4 aliphatic carbocycles. The summed E-state index contributed by atoms with van der Waals surface area (Å²) in [5.74, 6) is 3.41. The van der Waals surface area contributed by atoms with Crippen molar-refractivity contribution in [1.29, 1.82) is 0 Å². The first-order valence-electron chi connectivity index (χ1n) is 10.3. The van der Waals surface area contributed by atoms with Gasteiger partial charge in [0.25, 0.3) is 0 Å². The molecule has 0 saturated heterocycles. The zero-order valence-corrected chi connectivity index (χ0v) is 14.7. The van der Waals surface area contributed by atoms with Gasteiger partial charge in [0.05, 0.1) is 6.10 Å². The molecular weight excluding hydrogens is 306 g/mol. The number of hydrogen-bond acceptors (Lipinski definition) is 1. The molecule has 0 radical (unpaired) electrons. The van der Waals surface area contributed by atoms with Gasteiger partial charge in [-0.05, 0) is 94.3 Å². The zero-order valence-electron chi connectivity index (χ0n) is 14.7. The topological polar surface area (TPSA) is 20.2 Å². The van der Waals surface area contributed by atoms with Gasteiger partial charge in [-0.25, -0.2) is 8.78 Å². The van der Waals surface area contributed by atoms with E-state index in [1.54, 1.807) is 0 Å². The molecule has 0 amide bonds. The van der Waals surface area contributed by atoms with Gasteiger partial charge in [0, 0.05) is 5.92 Å². The van der Waals surface area contributed by atoms with Crippen molar-refractivity contribution < 1.29 is 13.9 Å². The molecule has 3 saturated carbocycles. The number of allylic oxidation sites excluding steroid dienone is 2. The monoisotopic (exact) mass is 338 g/mol. The van der Waals surface area contributed by atoms with Crippen molar-refractivity contribution in [2.24, 2.45) is 29.6 Å². The highest BCUT2D eigenvalue weighted by Gasteiger charge is 2.42. The lowest BCUT2D eigenvalue weighted by atomic mass is 9.68. The van der Waals surface area contributed by atoms with Gasteiger partial charge in [-0.2, -0.15) is 0 Å². The predicted octanol–water partition coefficient (Wildman–Crippen LogP) is 5.38. The van der Waals surface area contributed by atoms with Crippen molar-refractivity contribution in [3.63, 3.8) is 0 Å². The average Bonchev–Trinajstić information content (AvgIpc) is 3.46. The second-order valence-electron chi connectivity index (χ2n) is 8.97. The molecule has 0 spiro atoms. The lowest BCUT2D eigenvalue weighted by molar-refractivity contribution is -0.0272. The average molecular weight is 338 g/mol. The molecule has 5 unspecified atom stereocenters. The van der Waals surface area contributed by atoms with Crippen LogP contribution in [0.2, 0.25) is 0 Å². The molecule has 1 N–H and O–H groups in total. The van der Waals surface area contributed by atoms with Gasteiger partial charge in [-0.3, -0.25) is 0 Å². The molecule has 0 aromatic carbocycles. The summed E-state index contributed by atoms with van der Waals surface area (Å²) in [6.07, 6.45) is 10.7. The van der Waals surface area contributed by atoms with Gasteiger partial charge >= 0.3 is 0 Å². The van der Waals surface area contributed by atoms with Gasteiger partial charge in [0.1, 0.15) is 6.17 Å². The molecule has 136 valence electrons. The molecular formula is C21H32F2O. The van der Waals surface area contributed by atoms with E-state index < -0.39 is 18.4 Å². The first-order valence-corrected chi connectivity index (χ1v) is 10.3. The van der Waals surface area contributed by atoms with Crippen molar-refractivity contribution in [2.75, 3.05) is 0 Å². The second-order valence-corrected chi connectivity index (χ2v) is 8.97. The van der Waals surface area contributed by atoms with Crippen LogP contribution in [-0.4, -0.2) is 23.6 Å². The van der Waals surface area contributed by atoms with Crippen molar-refractivity contribution >= 4 is 0 Å². The lowest BCUT2D eigenvalue weighted by Gasteiger charge is -2.38. The van der Waals surface area contributed by atoms with Crippen LogP contribution in [0.4, 0.5) is 8.78 Å². The summed E-state index contributed by atoms with van der Waals surface area (Å²) in [4.78, 5) is 0. The van der Waals surface area contributed by atoms with Crippen molar-refractivity contribution in [2.45, 2.75) is 89.1 Å². The van der Waals surface area contributed by atoms with Crippen LogP contribution in [0.3, 0.4) is 0 Å². The van der Waals surface area contributed by atoms with Crippen molar-refractivity contribution in [1.82, 2.24) is 0 Å². The summed E-state index contributed by atoms with van der Waals surface area (Å²) in [7, 11) is 0. The van der Waals surface area contributed by atoms with Gasteiger partial charge in [0.2, 0.25) is 0 Å². The van der Waals surface area contributed by atoms with Crippen molar-refractivity contribution in [3.05, 3.63) is 11.6 Å². The third kappa shape index (κ3) is 3.43. The van der Waals surface area contributed by atoms with E-state index >= 15 is 0 Å². The van der Waals surface area contributed by atoms with Gasteiger partial charge < -0.3 is 5.11 Å². The SMILES string of the molecule is OC1CCC(C2=CCC(C3CCC(C4CC4)CC3)CC2)C(F)C1F. The Morgan fingerprint density at radius 1 is 0.708 bits per heavy atom. The van der Waals surface area contributed by atoms with Crippen LogP contribution in [0, 0.1) is 29.6 Å². The van der Waals surface area contributed by atoms with E-state index in [0.29, 0.717) is 12.8 Å². The van der Waals surface area contributed by atoms with E-state index in [9.17, 15) is 13.9 Å². The molecule has 4 rings (SSSR count). The number of aliphatic hydroxyl groups excluding tert-OH is 1. The zero-order chi connectivity index (χ0) is 16.7. The fourth-order valence-electron chi connectivity index (χ4n) is 5.79. The Balaban J connectivity index is 1.30. The molecule has 1 nitrogen and oxygen atoms in total. The van der Waals surface area contributed by atoms with Gasteiger partial charge in [0.15, 0.2) is 6.17 Å². The number of aliphatic hydroxyl groups is 1. The highest BCUT2D eigenvalue weighted by atomic mass is 19.2. The highest BCUT2D eigenvalue weighted by molar-refractivity contribution is 5.15. The predicted molar refractivity (Wildman–Crippen MR) is 92.1 cm³/mol. The summed E-state index contributed by atoms with van der Waals surface area (Å²) >= 11 is 0. The number of rotatable bonds is 3. The molecule has 0 aromatic rings. The molecule has 0 bridgehead atoms. The summed E-state index contributed by atoms with van der Waals surface area (Å²) in [6.45, 7) is 0. The Labute approximate surface area is 144 Å². The van der Waals surface area contributed by atoms with Gasteiger partial charge in [-0.1, -0.05) is 11.6 Å². The quantitative estimate of drug-likeness (QED) is 0.685. The Morgan fingerprint density at radius 3 is 1.83 bits per heavy atom. The third-order valence-corrected chi connectivity index (χ3v) is 7.56. The summed E-state index contributed by atoms with van der Waals surface area (Å²) in [5, 5.41) is 9.51. The highest BCUT2D eigenvalue weighted by Crippen LogP contribution is 2.48. The summed E-state index contributed by atoms with van der Waals surface area (Å²) in [6, 6.07) is 0. The van der Waals surface area contributed by atoms with E-state index in [-0.39, 0.29) is 5.92 Å². The fraction of sp³-hybridized carbons (Fsp3) is 0.905. The first-order chi connectivity index (χ1) is 11.6. The lowest BCUT2D eigenvalue weighted by Crippen LogP contribution is -2.42. The fourth-order valence-corrected chi connectivity index (χ4v) is 5.79. The Bertz CT molecular complexity index is 464. The Kier molecular flexibility index (Phi) is 5.00. The van der Waals surface area contributed by atoms with E-state index in [1.165, 1.54) is 38.5 Å². The van der Waals surface area contributed by atoms with Crippen LogP contribution in [-0.2, 0) is 0 Å². The molecule has 0 heterocycles. The Hall–Kier alpha value is -0.440. The minimum Gasteiger partial charge on any atom is -0.390 e. The van der Waals surface area contributed by atoms with Crippen LogP contribution in [0.25, 0.3) is 0 Å². The molecule has 3 fully saturated rings. The van der Waals surface area contributed by atoms with Crippen molar-refractivity contribution in [3.8, 4) is 0 Å². The number of hydrogen-bond donors (Lipinski definition) is 1. The molecule has 24 heavy (non-hydrogen) atoms. The molecule has 5 atom stereocenters. The van der Waals surface area contributed by atoms with Crippen LogP contribution in [0.1, 0.15) is 70.6 Å². The molecule has 0 aromatic heterocycles. The van der Waals surface area contributed by atoms with Crippen LogP contribution in [0.15, 0.2) is 11.6 Å². The van der Waals surface area contributed by atoms with Crippen LogP contribution < -0.4 is 0 Å². The molecule has 4 aliphatic rings. The summed E-state index contributed by atoms with van der Waals surface area (Å²) in [5.41, 5.74) is 1.14. The first kappa shape index (κ1) is 17.0. The van der Waals surface area contributed by atoms with E-state index in [4.69, 9.17) is 0 Å². The normalized spacial score (nSPS) is 47.3. The second kappa shape index (κ2) is 7.05. The minimum absolute atomic E-state index is 0.282. The van der Waals surface area contributed by atoms with E-state index in [0.717, 1.165) is 48.5 Å². The standard InChI is InChI=1S/C21H32F2O/c22-20-18(11-12-19(24)21(20)23)17-9-7-16(8-10-17)15-5-3-14(4-6-15)13-1-2-13/h9,13-16,18-21,24H,1-8,10-12H2. The third-order valence-electron chi connectivity index (χ3n) is 7.56. The number of halogens is 2. The largest absolute Gasteiger partial charge is 0.390 e.